The predicted octanol–water partition coefficient (Wildman–Crippen LogP) is 3.23. The number of hydrogen-bond donors (Lipinski definition) is 1. The molecule has 35 heavy (non-hydrogen) atoms. The van der Waals surface area contributed by atoms with Gasteiger partial charge in [0.2, 0.25) is 0 Å². The first-order valence-corrected chi connectivity index (χ1v) is 11.2. The Morgan fingerprint density at radius 2 is 2.06 bits per heavy atom. The van der Waals surface area contributed by atoms with E-state index in [9.17, 15) is 9.18 Å². The van der Waals surface area contributed by atoms with Crippen molar-refractivity contribution in [2.75, 3.05) is 29.9 Å². The summed E-state index contributed by atoms with van der Waals surface area (Å²) in [4.78, 5) is 24.1. The smallest absolute Gasteiger partial charge is 0.275 e. The molecule has 10 nitrogen and oxygen atoms in total. The molecule has 0 aliphatic carbocycles. The number of carbonyl (C=O) groups excluding carboxylic acids is 1. The van der Waals surface area contributed by atoms with Gasteiger partial charge in [-0.05, 0) is 18.2 Å². The van der Waals surface area contributed by atoms with Crippen LogP contribution in [0.3, 0.4) is 0 Å². The maximum absolute atomic E-state index is 14.8. The van der Waals surface area contributed by atoms with Gasteiger partial charge in [0.1, 0.15) is 29.3 Å². The second-order valence-electron chi connectivity index (χ2n) is 8.11. The van der Waals surface area contributed by atoms with Crippen LogP contribution < -0.4 is 10.2 Å². The molecule has 1 amide bonds. The Balaban J connectivity index is 1.52. The quantitative estimate of drug-likeness (QED) is 0.452. The van der Waals surface area contributed by atoms with E-state index in [2.05, 4.69) is 25.5 Å². The van der Waals surface area contributed by atoms with Crippen molar-refractivity contribution >= 4 is 29.1 Å². The third kappa shape index (κ3) is 4.86. The lowest BCUT2D eigenvalue weighted by molar-refractivity contribution is 0.0395. The lowest BCUT2D eigenvalue weighted by atomic mass is 10.1. The van der Waals surface area contributed by atoms with Crippen molar-refractivity contribution in [3.05, 3.63) is 71.0 Å². The number of rotatable bonds is 5. The van der Waals surface area contributed by atoms with Crippen molar-refractivity contribution in [1.29, 1.82) is 0 Å². The van der Waals surface area contributed by atoms with Crippen molar-refractivity contribution in [3.8, 4) is 11.4 Å². The number of carbonyl (C=O) groups is 1. The summed E-state index contributed by atoms with van der Waals surface area (Å²) >= 11 is 5.93. The Hall–Kier alpha value is -3.83. The fourth-order valence-electron chi connectivity index (χ4n) is 3.85. The van der Waals surface area contributed by atoms with E-state index in [0.29, 0.717) is 31.3 Å². The first kappa shape index (κ1) is 22.9. The van der Waals surface area contributed by atoms with E-state index in [1.165, 1.54) is 16.8 Å². The summed E-state index contributed by atoms with van der Waals surface area (Å²) in [5, 5.41) is 11.3. The van der Waals surface area contributed by atoms with Gasteiger partial charge in [-0.15, -0.1) is 0 Å². The summed E-state index contributed by atoms with van der Waals surface area (Å²) in [7, 11) is 3.55. The van der Waals surface area contributed by atoms with Gasteiger partial charge in [-0.1, -0.05) is 11.6 Å². The van der Waals surface area contributed by atoms with Crippen LogP contribution in [0.1, 0.15) is 22.2 Å². The highest BCUT2D eigenvalue weighted by molar-refractivity contribution is 6.30. The maximum Gasteiger partial charge on any atom is 0.275 e. The molecule has 1 aromatic carbocycles. The Bertz CT molecular complexity index is 1390. The van der Waals surface area contributed by atoms with Crippen molar-refractivity contribution in [1.82, 2.24) is 29.5 Å². The number of aryl methyl sites for hydroxylation is 2. The molecule has 4 heterocycles. The summed E-state index contributed by atoms with van der Waals surface area (Å²) in [6.07, 6.45) is 5.00. The molecule has 12 heteroatoms. The molecule has 0 saturated carbocycles. The molecule has 180 valence electrons. The van der Waals surface area contributed by atoms with Crippen LogP contribution in [-0.2, 0) is 18.8 Å². The lowest BCUT2D eigenvalue weighted by Gasteiger charge is -2.33. The largest absolute Gasteiger partial charge is 0.370 e. The number of aromatic nitrogens is 6. The van der Waals surface area contributed by atoms with Crippen LogP contribution >= 0.6 is 11.6 Å². The molecule has 1 aliphatic rings. The van der Waals surface area contributed by atoms with E-state index in [1.54, 1.807) is 42.3 Å². The number of hydrogen-bond acceptors (Lipinski definition) is 7. The lowest BCUT2D eigenvalue weighted by Crippen LogP contribution is -2.39. The van der Waals surface area contributed by atoms with Crippen LogP contribution in [0, 0.1) is 5.82 Å². The van der Waals surface area contributed by atoms with Gasteiger partial charge in [0.05, 0.1) is 24.6 Å². The van der Waals surface area contributed by atoms with Crippen LogP contribution in [-0.4, -0.2) is 55.1 Å². The fourth-order valence-corrected chi connectivity index (χ4v) is 4.01. The Kier molecular flexibility index (Phi) is 6.18. The molecule has 1 fully saturated rings. The molecule has 1 atom stereocenters. The van der Waals surface area contributed by atoms with Gasteiger partial charge in [0.15, 0.2) is 5.82 Å². The van der Waals surface area contributed by atoms with Crippen LogP contribution in [0.15, 0.2) is 48.9 Å². The number of nitrogens with zero attached hydrogens (tertiary/aromatic N) is 7. The topological polar surface area (TPSA) is 103 Å². The van der Waals surface area contributed by atoms with Gasteiger partial charge in [0.25, 0.3) is 5.91 Å². The summed E-state index contributed by atoms with van der Waals surface area (Å²) < 4.78 is 23.9. The first-order chi connectivity index (χ1) is 16.9. The Morgan fingerprint density at radius 3 is 2.77 bits per heavy atom. The average molecular weight is 497 g/mol. The zero-order valence-electron chi connectivity index (χ0n) is 19.0. The number of amides is 1. The van der Waals surface area contributed by atoms with Gasteiger partial charge in [-0.2, -0.15) is 10.2 Å². The minimum atomic E-state index is -0.581. The number of benzene rings is 1. The second kappa shape index (κ2) is 9.43. The molecule has 5 rings (SSSR count). The molecule has 1 unspecified atom stereocenters. The molecule has 0 bridgehead atoms. The standard InChI is InChI=1S/C23H22ClFN8O2/c1-31-12-14(11-27-31)19-13-33(7-8-35-19)21-10-18(23(34)30-20-5-6-26-32(20)2)28-22(29-21)16-4-3-15(24)9-17(16)25/h3-6,9-12,19H,7-8,13H2,1-2H3,(H,30,34). The van der Waals surface area contributed by atoms with E-state index in [1.807, 2.05) is 18.1 Å². The number of ether oxygens (including phenoxy) is 1. The number of morpholine rings is 1. The molecule has 0 radical (unpaired) electrons. The van der Waals surface area contributed by atoms with Crippen LogP contribution in [0.2, 0.25) is 5.02 Å². The normalized spacial score (nSPS) is 15.9. The number of halogens is 2. The highest BCUT2D eigenvalue weighted by Gasteiger charge is 2.26. The number of nitrogens with one attached hydrogen (secondary N) is 1. The van der Waals surface area contributed by atoms with Crippen LogP contribution in [0.25, 0.3) is 11.4 Å². The zero-order valence-corrected chi connectivity index (χ0v) is 19.8. The van der Waals surface area contributed by atoms with E-state index in [-0.39, 0.29) is 28.2 Å². The summed E-state index contributed by atoms with van der Waals surface area (Å²) in [6.45, 7) is 1.47. The summed E-state index contributed by atoms with van der Waals surface area (Å²) in [6, 6.07) is 7.50. The monoisotopic (exact) mass is 496 g/mol. The van der Waals surface area contributed by atoms with E-state index >= 15 is 0 Å². The molecule has 1 aliphatic heterocycles. The predicted molar refractivity (Wildman–Crippen MR) is 128 cm³/mol. The van der Waals surface area contributed by atoms with Crippen LogP contribution in [0.5, 0.6) is 0 Å². The molecule has 0 spiro atoms. The van der Waals surface area contributed by atoms with Gasteiger partial charge in [0, 0.05) is 56.1 Å². The SMILES string of the molecule is Cn1cc(C2CN(c3cc(C(=O)Nc4ccnn4C)nc(-c4ccc(Cl)cc4F)n3)CCO2)cn1. The van der Waals surface area contributed by atoms with Crippen molar-refractivity contribution in [2.24, 2.45) is 14.1 Å². The van der Waals surface area contributed by atoms with E-state index in [4.69, 9.17) is 16.3 Å². The third-order valence-electron chi connectivity index (χ3n) is 5.67. The minimum Gasteiger partial charge on any atom is -0.370 e. The van der Waals surface area contributed by atoms with Crippen molar-refractivity contribution < 1.29 is 13.9 Å². The average Bonchev–Trinajstić information content (AvgIpc) is 3.46. The first-order valence-electron chi connectivity index (χ1n) is 10.9. The molecular weight excluding hydrogens is 475 g/mol. The van der Waals surface area contributed by atoms with Gasteiger partial charge in [-0.25, -0.2) is 14.4 Å². The molecule has 4 aromatic rings. The minimum absolute atomic E-state index is 0.0799. The summed E-state index contributed by atoms with van der Waals surface area (Å²) in [5.41, 5.74) is 1.16. The Labute approximate surface area is 205 Å². The number of anilines is 2. The van der Waals surface area contributed by atoms with Crippen LogP contribution in [0.4, 0.5) is 16.0 Å². The molecule has 1 N–H and O–H groups in total. The van der Waals surface area contributed by atoms with E-state index < -0.39 is 11.7 Å². The maximum atomic E-state index is 14.8. The fraction of sp³-hybridized carbons (Fsp3) is 0.261. The molecular formula is C23H22ClFN8O2. The highest BCUT2D eigenvalue weighted by Crippen LogP contribution is 2.29. The zero-order chi connectivity index (χ0) is 24.5. The van der Waals surface area contributed by atoms with E-state index in [0.717, 1.165) is 5.56 Å². The summed E-state index contributed by atoms with van der Waals surface area (Å²) in [5.74, 6) is 0.0122. The Morgan fingerprint density at radius 1 is 1.20 bits per heavy atom. The second-order valence-corrected chi connectivity index (χ2v) is 8.54. The van der Waals surface area contributed by atoms with Crippen molar-refractivity contribution in [3.63, 3.8) is 0 Å². The highest BCUT2D eigenvalue weighted by atomic mass is 35.5. The van der Waals surface area contributed by atoms with Gasteiger partial charge < -0.3 is 15.0 Å². The third-order valence-corrected chi connectivity index (χ3v) is 5.90. The molecule has 3 aromatic heterocycles. The van der Waals surface area contributed by atoms with Gasteiger partial charge >= 0.3 is 0 Å². The van der Waals surface area contributed by atoms with Gasteiger partial charge in [-0.3, -0.25) is 14.2 Å². The molecule has 1 saturated heterocycles. The van der Waals surface area contributed by atoms with Crippen molar-refractivity contribution in [2.45, 2.75) is 6.10 Å².